The second kappa shape index (κ2) is 6.24. The minimum absolute atomic E-state index is 0.530. The molecule has 1 heterocycles. The average Bonchev–Trinajstić information content (AvgIpc) is 2.75. The van der Waals surface area contributed by atoms with Gasteiger partial charge < -0.3 is 9.30 Å². The molecule has 5 heteroatoms. The zero-order valence-electron chi connectivity index (χ0n) is 12.1. The number of ether oxygens (including phenoxy) is 1. The van der Waals surface area contributed by atoms with Gasteiger partial charge in [0.15, 0.2) is 6.29 Å². The second-order valence-electron chi connectivity index (χ2n) is 6.18. The van der Waals surface area contributed by atoms with Crippen LogP contribution in [-0.4, -0.2) is 25.5 Å². The van der Waals surface area contributed by atoms with Crippen molar-refractivity contribution >= 4 is 41.2 Å². The molecule has 0 aliphatic heterocycles. The maximum absolute atomic E-state index is 11.1. The number of nitrogens with zero attached hydrogens (tertiary/aromatic N) is 1. The number of aldehydes is 1. The lowest BCUT2D eigenvalue weighted by Crippen LogP contribution is -2.21. The number of hydrogen-bond donors (Lipinski definition) is 0. The Morgan fingerprint density at radius 2 is 2.10 bits per heavy atom. The number of rotatable bonds is 6. The first kappa shape index (κ1) is 15.5. The molecule has 0 saturated carbocycles. The lowest BCUT2D eigenvalue weighted by atomic mass is 10.1. The van der Waals surface area contributed by atoms with Gasteiger partial charge in [-0.15, -0.1) is 0 Å². The van der Waals surface area contributed by atoms with Crippen molar-refractivity contribution in [2.45, 2.75) is 32.4 Å². The van der Waals surface area contributed by atoms with E-state index in [4.69, 9.17) is 4.74 Å². The van der Waals surface area contributed by atoms with Gasteiger partial charge in [0, 0.05) is 36.3 Å². The Balaban J connectivity index is 2.11. The number of carbonyl (C=O) groups excluding carboxylic acids is 1. The molecular weight excluding hydrogens is 334 g/mol. The Hall–Kier alpha value is -0.913. The fraction of sp³-hybridized carbons (Fsp3) is 0.400. The van der Waals surface area contributed by atoms with Crippen molar-refractivity contribution in [3.8, 4) is 0 Å². The maximum Gasteiger partial charge on any atom is 0.150 e. The summed E-state index contributed by atoms with van der Waals surface area (Å²) in [4.78, 5) is 11.1. The molecule has 0 radical (unpaired) electrons. The van der Waals surface area contributed by atoms with Gasteiger partial charge >= 0.3 is 0 Å². The Kier molecular flexibility index (Phi) is 4.83. The van der Waals surface area contributed by atoms with E-state index in [9.17, 15) is 4.79 Å². The summed E-state index contributed by atoms with van der Waals surface area (Å²) in [6.07, 6.45) is 2.86. The van der Waals surface area contributed by atoms with Gasteiger partial charge in [-0.1, -0.05) is 35.6 Å². The molecule has 20 heavy (non-hydrogen) atoms. The fourth-order valence-corrected chi connectivity index (χ4v) is 3.26. The van der Waals surface area contributed by atoms with Crippen LogP contribution in [0, 0.1) is 0 Å². The van der Waals surface area contributed by atoms with Crippen LogP contribution in [0.1, 0.15) is 10.4 Å². The van der Waals surface area contributed by atoms with Gasteiger partial charge in [0.1, 0.15) is 6.73 Å². The Bertz CT molecular complexity index is 616. The van der Waals surface area contributed by atoms with E-state index < -0.39 is 8.07 Å². The molecule has 0 spiro atoms. The zero-order valence-corrected chi connectivity index (χ0v) is 14.7. The quantitative estimate of drug-likeness (QED) is 0.434. The number of aromatic nitrogens is 1. The molecule has 2 aromatic rings. The standard InChI is InChI=1S/C15H20BrNO2Si/c1-20(2,3)7-6-19-11-17-5-4-14-12(10-18)8-13(16)9-15(14)17/h4-5,8-10H,6-7,11H2,1-3H3. The van der Waals surface area contributed by atoms with E-state index in [1.165, 1.54) is 0 Å². The van der Waals surface area contributed by atoms with E-state index in [2.05, 4.69) is 35.6 Å². The zero-order chi connectivity index (χ0) is 14.8. The average molecular weight is 354 g/mol. The van der Waals surface area contributed by atoms with Crippen molar-refractivity contribution in [2.75, 3.05) is 6.61 Å². The molecule has 0 aliphatic carbocycles. The molecule has 0 fully saturated rings. The SMILES string of the molecule is C[Si](C)(C)CCOCn1ccc2c(C=O)cc(Br)cc21. The van der Waals surface area contributed by atoms with E-state index >= 15 is 0 Å². The van der Waals surface area contributed by atoms with E-state index in [0.717, 1.165) is 34.3 Å². The highest BCUT2D eigenvalue weighted by Gasteiger charge is 2.12. The highest BCUT2D eigenvalue weighted by atomic mass is 79.9. The summed E-state index contributed by atoms with van der Waals surface area (Å²) < 4.78 is 8.72. The highest BCUT2D eigenvalue weighted by molar-refractivity contribution is 9.10. The molecule has 0 aliphatic rings. The molecule has 0 bridgehead atoms. The lowest BCUT2D eigenvalue weighted by Gasteiger charge is -2.15. The van der Waals surface area contributed by atoms with E-state index in [1.54, 1.807) is 0 Å². The third-order valence-electron chi connectivity index (χ3n) is 3.24. The Labute approximate surface area is 129 Å². The van der Waals surface area contributed by atoms with Crippen LogP contribution in [-0.2, 0) is 11.5 Å². The molecular formula is C15H20BrNO2Si. The molecule has 0 amide bonds. The monoisotopic (exact) mass is 353 g/mol. The minimum Gasteiger partial charge on any atom is -0.361 e. The summed E-state index contributed by atoms with van der Waals surface area (Å²) in [6, 6.07) is 6.98. The van der Waals surface area contributed by atoms with Crippen LogP contribution in [0.5, 0.6) is 0 Å². The van der Waals surface area contributed by atoms with Gasteiger partial charge in [-0.05, 0) is 24.2 Å². The van der Waals surface area contributed by atoms with Crippen molar-refractivity contribution in [3.05, 3.63) is 34.4 Å². The largest absolute Gasteiger partial charge is 0.361 e. The van der Waals surface area contributed by atoms with Gasteiger partial charge in [0.25, 0.3) is 0 Å². The molecule has 0 atom stereocenters. The first-order valence-electron chi connectivity index (χ1n) is 6.72. The van der Waals surface area contributed by atoms with Gasteiger partial charge in [0.05, 0.1) is 5.52 Å². The Morgan fingerprint density at radius 1 is 1.35 bits per heavy atom. The molecule has 3 nitrogen and oxygen atoms in total. The van der Waals surface area contributed by atoms with Crippen LogP contribution < -0.4 is 0 Å². The summed E-state index contributed by atoms with van der Waals surface area (Å²) in [7, 11) is -1.04. The fourth-order valence-electron chi connectivity index (χ4n) is 2.04. The van der Waals surface area contributed by atoms with Gasteiger partial charge in [-0.25, -0.2) is 0 Å². The highest BCUT2D eigenvalue weighted by Crippen LogP contribution is 2.24. The predicted molar refractivity (Wildman–Crippen MR) is 89.1 cm³/mol. The van der Waals surface area contributed by atoms with Crippen LogP contribution in [0.25, 0.3) is 10.9 Å². The molecule has 0 unspecified atom stereocenters. The van der Waals surface area contributed by atoms with E-state index in [-0.39, 0.29) is 0 Å². The molecule has 1 aromatic heterocycles. The van der Waals surface area contributed by atoms with Crippen molar-refractivity contribution in [1.29, 1.82) is 0 Å². The molecule has 0 N–H and O–H groups in total. The minimum atomic E-state index is -1.04. The van der Waals surface area contributed by atoms with Gasteiger partial charge in [0.2, 0.25) is 0 Å². The van der Waals surface area contributed by atoms with E-state index in [0.29, 0.717) is 12.3 Å². The van der Waals surface area contributed by atoms with Crippen LogP contribution in [0.3, 0.4) is 0 Å². The third kappa shape index (κ3) is 3.81. The predicted octanol–water partition coefficient (Wildman–Crippen LogP) is 4.53. The number of benzene rings is 1. The number of halogens is 1. The molecule has 0 saturated heterocycles. The van der Waals surface area contributed by atoms with Crippen LogP contribution in [0.15, 0.2) is 28.9 Å². The van der Waals surface area contributed by atoms with Gasteiger partial charge in [-0.2, -0.15) is 0 Å². The normalized spacial score (nSPS) is 12.0. The van der Waals surface area contributed by atoms with Crippen LogP contribution in [0.4, 0.5) is 0 Å². The number of fused-ring (bicyclic) bond motifs is 1. The van der Waals surface area contributed by atoms with Crippen LogP contribution >= 0.6 is 15.9 Å². The third-order valence-corrected chi connectivity index (χ3v) is 5.40. The number of hydrogen-bond acceptors (Lipinski definition) is 2. The topological polar surface area (TPSA) is 31.2 Å². The van der Waals surface area contributed by atoms with E-state index in [1.807, 2.05) is 29.0 Å². The Morgan fingerprint density at radius 3 is 2.75 bits per heavy atom. The smallest absolute Gasteiger partial charge is 0.150 e. The van der Waals surface area contributed by atoms with Crippen molar-refractivity contribution in [3.63, 3.8) is 0 Å². The summed E-state index contributed by atoms with van der Waals surface area (Å²) in [6.45, 7) is 8.35. The van der Waals surface area contributed by atoms with Crippen molar-refractivity contribution in [1.82, 2.24) is 4.57 Å². The maximum atomic E-state index is 11.1. The van der Waals surface area contributed by atoms with Gasteiger partial charge in [-0.3, -0.25) is 4.79 Å². The summed E-state index contributed by atoms with van der Waals surface area (Å²) >= 11 is 3.44. The molecule has 1 aromatic carbocycles. The number of carbonyl (C=O) groups is 1. The second-order valence-corrected chi connectivity index (χ2v) is 12.7. The summed E-state index contributed by atoms with van der Waals surface area (Å²) in [5.74, 6) is 0. The van der Waals surface area contributed by atoms with Crippen molar-refractivity contribution < 1.29 is 9.53 Å². The summed E-state index contributed by atoms with van der Waals surface area (Å²) in [5.41, 5.74) is 1.73. The van der Waals surface area contributed by atoms with Crippen molar-refractivity contribution in [2.24, 2.45) is 0 Å². The molecule has 108 valence electrons. The summed E-state index contributed by atoms with van der Waals surface area (Å²) in [5, 5.41) is 0.969. The lowest BCUT2D eigenvalue weighted by molar-refractivity contribution is 0.0902. The first-order chi connectivity index (χ1) is 9.40. The van der Waals surface area contributed by atoms with Crippen LogP contribution in [0.2, 0.25) is 25.7 Å². The first-order valence-corrected chi connectivity index (χ1v) is 11.2. The molecule has 2 rings (SSSR count).